The maximum atomic E-state index is 5.43. The number of benzene rings is 1. The summed E-state index contributed by atoms with van der Waals surface area (Å²) in [5, 5.41) is 10.1. The Labute approximate surface area is 113 Å². The summed E-state index contributed by atoms with van der Waals surface area (Å²) in [7, 11) is 0. The fourth-order valence-electron chi connectivity index (χ4n) is 1.90. The molecule has 2 N–H and O–H groups in total. The molecule has 1 unspecified atom stereocenters. The Balaban J connectivity index is 1.80. The zero-order valence-corrected chi connectivity index (χ0v) is 11.4. The predicted octanol–water partition coefficient (Wildman–Crippen LogP) is 2.10. The summed E-state index contributed by atoms with van der Waals surface area (Å²) in [5.74, 6) is 1.83. The van der Waals surface area contributed by atoms with Gasteiger partial charge in [0.15, 0.2) is 0 Å². The molecule has 2 aromatic rings. The van der Waals surface area contributed by atoms with Crippen molar-refractivity contribution in [2.75, 3.05) is 13.2 Å². The van der Waals surface area contributed by atoms with E-state index in [1.165, 1.54) is 11.9 Å². The minimum absolute atomic E-state index is 0.304. The monoisotopic (exact) mass is 260 g/mol. The van der Waals surface area contributed by atoms with Crippen LogP contribution in [0.1, 0.15) is 31.3 Å². The molecule has 0 spiro atoms. The second kappa shape index (κ2) is 6.89. The van der Waals surface area contributed by atoms with Crippen LogP contribution in [0.25, 0.3) is 0 Å². The molecule has 0 amide bonds. The number of nitrogens with zero attached hydrogens (tertiary/aromatic N) is 2. The second-order valence-corrected chi connectivity index (χ2v) is 4.36. The summed E-state index contributed by atoms with van der Waals surface area (Å²) in [6.07, 6.45) is 2.38. The van der Waals surface area contributed by atoms with Gasteiger partial charge < -0.3 is 10.1 Å². The predicted molar refractivity (Wildman–Crippen MR) is 74.1 cm³/mol. The van der Waals surface area contributed by atoms with Crippen LogP contribution in [0.4, 0.5) is 0 Å². The van der Waals surface area contributed by atoms with E-state index in [2.05, 4.69) is 39.6 Å². The molecule has 1 heterocycles. The van der Waals surface area contributed by atoms with Crippen LogP contribution in [-0.2, 0) is 6.42 Å². The van der Waals surface area contributed by atoms with Crippen LogP contribution in [0.2, 0.25) is 0 Å². The van der Waals surface area contributed by atoms with Gasteiger partial charge in [0.25, 0.3) is 0 Å². The average molecular weight is 260 g/mol. The van der Waals surface area contributed by atoms with Crippen molar-refractivity contribution < 1.29 is 4.74 Å². The third kappa shape index (κ3) is 4.06. The van der Waals surface area contributed by atoms with Crippen molar-refractivity contribution in [2.45, 2.75) is 26.3 Å². The fraction of sp³-hybridized carbons (Fsp3) is 0.429. The Kier molecular flexibility index (Phi) is 4.92. The molecular formula is C14H20N4O. The van der Waals surface area contributed by atoms with Crippen LogP contribution in [0.15, 0.2) is 30.6 Å². The Hall–Kier alpha value is -1.88. The van der Waals surface area contributed by atoms with Crippen molar-refractivity contribution in [1.82, 2.24) is 20.5 Å². The number of hydrogen-bond donors (Lipinski definition) is 2. The molecule has 5 heteroatoms. The summed E-state index contributed by atoms with van der Waals surface area (Å²) in [6, 6.07) is 8.51. The molecular weight excluding hydrogens is 240 g/mol. The van der Waals surface area contributed by atoms with Crippen molar-refractivity contribution in [3.63, 3.8) is 0 Å². The van der Waals surface area contributed by atoms with E-state index < -0.39 is 0 Å². The molecule has 5 nitrogen and oxygen atoms in total. The number of H-pyrrole nitrogens is 1. The molecule has 102 valence electrons. The summed E-state index contributed by atoms with van der Waals surface area (Å²) < 4.78 is 5.43. The number of ether oxygens (including phenoxy) is 1. The number of hydrogen-bond acceptors (Lipinski definition) is 4. The first kappa shape index (κ1) is 13.5. The van der Waals surface area contributed by atoms with Gasteiger partial charge in [0.05, 0.1) is 6.61 Å². The maximum Gasteiger partial charge on any atom is 0.137 e. The van der Waals surface area contributed by atoms with Crippen LogP contribution >= 0.6 is 0 Å². The molecule has 19 heavy (non-hydrogen) atoms. The minimum Gasteiger partial charge on any atom is -0.494 e. The minimum atomic E-state index is 0.304. The lowest BCUT2D eigenvalue weighted by Gasteiger charge is -2.14. The van der Waals surface area contributed by atoms with Crippen LogP contribution in [0.5, 0.6) is 5.75 Å². The van der Waals surface area contributed by atoms with E-state index in [-0.39, 0.29) is 0 Å². The molecule has 0 aliphatic rings. The number of rotatable bonds is 7. The van der Waals surface area contributed by atoms with Gasteiger partial charge in [0.2, 0.25) is 0 Å². The van der Waals surface area contributed by atoms with E-state index in [0.29, 0.717) is 12.6 Å². The third-order valence-corrected chi connectivity index (χ3v) is 2.97. The normalized spacial score (nSPS) is 12.3. The molecule has 0 aliphatic carbocycles. The molecule has 0 bridgehead atoms. The lowest BCUT2D eigenvalue weighted by Crippen LogP contribution is -2.21. The molecule has 0 radical (unpaired) electrons. The van der Waals surface area contributed by atoms with Gasteiger partial charge in [-0.15, -0.1) is 0 Å². The van der Waals surface area contributed by atoms with Crippen molar-refractivity contribution in [3.8, 4) is 5.75 Å². The lowest BCUT2D eigenvalue weighted by atomic mass is 10.1. The maximum absolute atomic E-state index is 5.43. The highest BCUT2D eigenvalue weighted by molar-refractivity contribution is 5.28. The van der Waals surface area contributed by atoms with Crippen LogP contribution < -0.4 is 10.1 Å². The summed E-state index contributed by atoms with van der Waals surface area (Å²) in [6.45, 7) is 5.70. The van der Waals surface area contributed by atoms with E-state index in [9.17, 15) is 0 Å². The molecule has 1 atom stereocenters. The summed E-state index contributed by atoms with van der Waals surface area (Å²) >= 11 is 0. The van der Waals surface area contributed by atoms with Crippen molar-refractivity contribution in [2.24, 2.45) is 0 Å². The van der Waals surface area contributed by atoms with E-state index in [1.54, 1.807) is 0 Å². The zero-order valence-electron chi connectivity index (χ0n) is 11.4. The van der Waals surface area contributed by atoms with Gasteiger partial charge in [-0.3, -0.25) is 5.10 Å². The number of aromatic amines is 1. The number of nitrogens with one attached hydrogen (secondary N) is 2. The van der Waals surface area contributed by atoms with Gasteiger partial charge in [-0.05, 0) is 31.5 Å². The van der Waals surface area contributed by atoms with Gasteiger partial charge in [-0.1, -0.05) is 12.1 Å². The van der Waals surface area contributed by atoms with E-state index in [0.717, 1.165) is 24.5 Å². The first-order valence-corrected chi connectivity index (χ1v) is 6.60. The highest BCUT2D eigenvalue weighted by Gasteiger charge is 2.05. The smallest absolute Gasteiger partial charge is 0.137 e. The van der Waals surface area contributed by atoms with Gasteiger partial charge in [0, 0.05) is 19.0 Å². The van der Waals surface area contributed by atoms with Gasteiger partial charge in [0.1, 0.15) is 17.9 Å². The fourth-order valence-corrected chi connectivity index (χ4v) is 1.90. The molecule has 0 fully saturated rings. The molecule has 2 rings (SSSR count). The molecule has 0 aliphatic heterocycles. The Morgan fingerprint density at radius 2 is 2.11 bits per heavy atom. The van der Waals surface area contributed by atoms with Gasteiger partial charge in [-0.25, -0.2) is 4.98 Å². The topological polar surface area (TPSA) is 62.8 Å². The third-order valence-electron chi connectivity index (χ3n) is 2.97. The second-order valence-electron chi connectivity index (χ2n) is 4.36. The molecule has 1 aromatic heterocycles. The van der Waals surface area contributed by atoms with E-state index in [1.807, 2.05) is 19.1 Å². The standard InChI is InChI=1S/C14H20N4O/c1-3-19-13-6-4-12(5-7-13)11(2)15-9-8-14-16-10-17-18-14/h4-7,10-11,15H,3,8-9H2,1-2H3,(H,16,17,18). The number of aromatic nitrogens is 3. The van der Waals surface area contributed by atoms with Crippen molar-refractivity contribution in [1.29, 1.82) is 0 Å². The average Bonchev–Trinajstić information content (AvgIpc) is 2.93. The van der Waals surface area contributed by atoms with Crippen LogP contribution in [0, 0.1) is 0 Å². The van der Waals surface area contributed by atoms with Crippen LogP contribution in [-0.4, -0.2) is 28.3 Å². The van der Waals surface area contributed by atoms with Gasteiger partial charge in [-0.2, -0.15) is 5.10 Å². The largest absolute Gasteiger partial charge is 0.494 e. The van der Waals surface area contributed by atoms with Crippen molar-refractivity contribution in [3.05, 3.63) is 42.0 Å². The van der Waals surface area contributed by atoms with E-state index >= 15 is 0 Å². The highest BCUT2D eigenvalue weighted by atomic mass is 16.5. The summed E-state index contributed by atoms with van der Waals surface area (Å²) in [4.78, 5) is 4.09. The van der Waals surface area contributed by atoms with Crippen LogP contribution in [0.3, 0.4) is 0 Å². The summed E-state index contributed by atoms with van der Waals surface area (Å²) in [5.41, 5.74) is 1.25. The molecule has 0 saturated heterocycles. The Morgan fingerprint density at radius 1 is 1.32 bits per heavy atom. The van der Waals surface area contributed by atoms with Gasteiger partial charge >= 0.3 is 0 Å². The quantitative estimate of drug-likeness (QED) is 0.800. The zero-order chi connectivity index (χ0) is 13.5. The SMILES string of the molecule is CCOc1ccc(C(C)NCCc2ncn[nH]2)cc1. The Bertz CT molecular complexity index is 467. The Morgan fingerprint density at radius 3 is 2.74 bits per heavy atom. The molecule has 1 aromatic carbocycles. The first-order chi connectivity index (χ1) is 9.29. The lowest BCUT2D eigenvalue weighted by molar-refractivity contribution is 0.340. The van der Waals surface area contributed by atoms with Crippen molar-refractivity contribution >= 4 is 0 Å². The van der Waals surface area contributed by atoms with E-state index in [4.69, 9.17) is 4.74 Å². The first-order valence-electron chi connectivity index (χ1n) is 6.60. The highest BCUT2D eigenvalue weighted by Crippen LogP contribution is 2.17. The molecule has 0 saturated carbocycles.